The molecule has 0 heterocycles. The molecule has 1 atom stereocenters. The zero-order valence-electron chi connectivity index (χ0n) is 8.66. The molecule has 0 saturated heterocycles. The van der Waals surface area contributed by atoms with E-state index in [1.54, 1.807) is 18.8 Å². The molecule has 6 heteroatoms. The monoisotopic (exact) mass is 228 g/mol. The second-order valence-corrected chi connectivity index (χ2v) is 6.22. The summed E-state index contributed by atoms with van der Waals surface area (Å²) in [5, 5.41) is 0. The van der Waals surface area contributed by atoms with Gasteiger partial charge in [0.2, 0.25) is 0 Å². The standard InChI is InChI=1S/C7H18ClN2O2P/c1-9(2)7-13(11,10(3)4)12-6-5-8/h5-7H2,1-4H3/t13-/m0/s1. The van der Waals surface area contributed by atoms with E-state index in [9.17, 15) is 4.57 Å². The smallest absolute Gasteiger partial charge is 0.285 e. The highest BCUT2D eigenvalue weighted by Crippen LogP contribution is 2.48. The largest absolute Gasteiger partial charge is 0.315 e. The van der Waals surface area contributed by atoms with Gasteiger partial charge >= 0.3 is 0 Å². The van der Waals surface area contributed by atoms with Crippen molar-refractivity contribution in [1.29, 1.82) is 0 Å². The second kappa shape index (κ2) is 5.99. The molecule has 0 fully saturated rings. The highest BCUT2D eigenvalue weighted by molar-refractivity contribution is 7.56. The van der Waals surface area contributed by atoms with Gasteiger partial charge in [-0.05, 0) is 28.2 Å². The van der Waals surface area contributed by atoms with Crippen molar-refractivity contribution in [2.75, 3.05) is 47.0 Å². The molecule has 0 aliphatic heterocycles. The maximum absolute atomic E-state index is 12.1. The molecule has 13 heavy (non-hydrogen) atoms. The van der Waals surface area contributed by atoms with E-state index in [0.717, 1.165) is 0 Å². The van der Waals surface area contributed by atoms with Gasteiger partial charge < -0.3 is 4.52 Å². The van der Waals surface area contributed by atoms with Crippen molar-refractivity contribution in [2.45, 2.75) is 0 Å². The van der Waals surface area contributed by atoms with Crippen LogP contribution in [-0.2, 0) is 9.09 Å². The van der Waals surface area contributed by atoms with Crippen LogP contribution >= 0.6 is 19.1 Å². The quantitative estimate of drug-likeness (QED) is 0.510. The zero-order valence-corrected chi connectivity index (χ0v) is 10.3. The van der Waals surface area contributed by atoms with E-state index >= 15 is 0 Å². The Morgan fingerprint density at radius 3 is 2.15 bits per heavy atom. The second-order valence-electron chi connectivity index (χ2n) is 3.23. The molecule has 4 nitrogen and oxygen atoms in total. The van der Waals surface area contributed by atoms with E-state index in [-0.39, 0.29) is 0 Å². The van der Waals surface area contributed by atoms with Crippen LogP contribution in [0.5, 0.6) is 0 Å². The van der Waals surface area contributed by atoms with Crippen LogP contribution in [-0.4, -0.2) is 56.5 Å². The van der Waals surface area contributed by atoms with Gasteiger partial charge in [0.15, 0.2) is 0 Å². The van der Waals surface area contributed by atoms with Crippen molar-refractivity contribution in [3.63, 3.8) is 0 Å². The Kier molecular flexibility index (Phi) is 6.18. The van der Waals surface area contributed by atoms with Crippen molar-refractivity contribution in [2.24, 2.45) is 0 Å². The molecule has 0 aromatic rings. The molecule has 0 aliphatic rings. The molecule has 0 N–H and O–H groups in total. The zero-order chi connectivity index (χ0) is 10.5. The fourth-order valence-electron chi connectivity index (χ4n) is 0.817. The van der Waals surface area contributed by atoms with Crippen molar-refractivity contribution in [1.82, 2.24) is 9.57 Å². The molecule has 0 aliphatic carbocycles. The molecule has 0 radical (unpaired) electrons. The molecule has 0 saturated carbocycles. The lowest BCUT2D eigenvalue weighted by atomic mass is 10.9. The van der Waals surface area contributed by atoms with Crippen molar-refractivity contribution >= 4 is 19.1 Å². The predicted molar refractivity (Wildman–Crippen MR) is 56.5 cm³/mol. The highest BCUT2D eigenvalue weighted by Gasteiger charge is 2.26. The Morgan fingerprint density at radius 1 is 1.31 bits per heavy atom. The molecule has 0 spiro atoms. The fourth-order valence-corrected chi connectivity index (χ4v) is 2.66. The number of hydrogen-bond donors (Lipinski definition) is 0. The van der Waals surface area contributed by atoms with E-state index in [1.165, 1.54) is 0 Å². The molecule has 0 aromatic heterocycles. The molecule has 80 valence electrons. The van der Waals surface area contributed by atoms with Crippen LogP contribution in [0.2, 0.25) is 0 Å². The Morgan fingerprint density at radius 2 is 1.85 bits per heavy atom. The topological polar surface area (TPSA) is 32.8 Å². The Labute approximate surface area is 85.3 Å². The highest BCUT2D eigenvalue weighted by atomic mass is 35.5. The number of rotatable bonds is 6. The van der Waals surface area contributed by atoms with Crippen molar-refractivity contribution in [3.05, 3.63) is 0 Å². The van der Waals surface area contributed by atoms with E-state index < -0.39 is 7.52 Å². The van der Waals surface area contributed by atoms with Gasteiger partial charge in [-0.1, -0.05) is 0 Å². The predicted octanol–water partition coefficient (Wildman–Crippen LogP) is 1.52. The molecular formula is C7H18ClN2O2P. The summed E-state index contributed by atoms with van der Waals surface area (Å²) in [5.74, 6) is 0.366. The van der Waals surface area contributed by atoms with Gasteiger partial charge in [0, 0.05) is 5.88 Å². The van der Waals surface area contributed by atoms with Crippen LogP contribution < -0.4 is 0 Å². The lowest BCUT2D eigenvalue weighted by Crippen LogP contribution is -2.22. The van der Waals surface area contributed by atoms with E-state index in [2.05, 4.69) is 0 Å². The van der Waals surface area contributed by atoms with Gasteiger partial charge in [0.1, 0.15) is 0 Å². The molecular weight excluding hydrogens is 211 g/mol. The van der Waals surface area contributed by atoms with Crippen LogP contribution in [0.4, 0.5) is 0 Å². The Hall–Kier alpha value is 0.400. The number of halogens is 1. The SMILES string of the molecule is CN(C)C[P@](=O)(OCCCl)N(C)C. The summed E-state index contributed by atoms with van der Waals surface area (Å²) in [6, 6.07) is 0. The third-order valence-corrected chi connectivity index (χ3v) is 4.32. The summed E-state index contributed by atoms with van der Waals surface area (Å²) < 4.78 is 19.0. The Balaban J connectivity index is 4.26. The lowest BCUT2D eigenvalue weighted by molar-refractivity contribution is 0.282. The first-order valence-electron chi connectivity index (χ1n) is 4.04. The van der Waals surface area contributed by atoms with Gasteiger partial charge in [-0.25, -0.2) is 4.67 Å². The maximum atomic E-state index is 12.1. The summed E-state index contributed by atoms with van der Waals surface area (Å²) in [6.45, 7) is 0.324. The normalized spacial score (nSPS) is 16.5. The maximum Gasteiger partial charge on any atom is 0.285 e. The number of nitrogens with zero attached hydrogens (tertiary/aromatic N) is 2. The van der Waals surface area contributed by atoms with Gasteiger partial charge in [0.05, 0.1) is 12.9 Å². The van der Waals surface area contributed by atoms with Gasteiger partial charge in [-0.3, -0.25) is 9.46 Å². The van der Waals surface area contributed by atoms with Gasteiger partial charge in [-0.15, -0.1) is 11.6 Å². The van der Waals surface area contributed by atoms with Crippen LogP contribution in [0.15, 0.2) is 0 Å². The minimum Gasteiger partial charge on any atom is -0.315 e. The van der Waals surface area contributed by atoms with Crippen LogP contribution in [0, 0.1) is 0 Å². The minimum atomic E-state index is -2.69. The first-order valence-corrected chi connectivity index (χ1v) is 6.34. The Bertz CT molecular complexity index is 187. The van der Waals surface area contributed by atoms with E-state index in [0.29, 0.717) is 18.8 Å². The third-order valence-electron chi connectivity index (χ3n) is 1.44. The number of alkyl halides is 1. The molecule has 0 bridgehead atoms. The molecule has 0 aromatic carbocycles. The van der Waals surface area contributed by atoms with E-state index in [1.807, 2.05) is 19.0 Å². The average Bonchev–Trinajstić information content (AvgIpc) is 1.99. The van der Waals surface area contributed by atoms with Crippen molar-refractivity contribution < 1.29 is 9.09 Å². The summed E-state index contributed by atoms with van der Waals surface area (Å²) in [6.07, 6.45) is 0.414. The van der Waals surface area contributed by atoms with Crippen LogP contribution in [0.1, 0.15) is 0 Å². The van der Waals surface area contributed by atoms with E-state index in [4.69, 9.17) is 16.1 Å². The van der Waals surface area contributed by atoms with Crippen LogP contribution in [0.25, 0.3) is 0 Å². The minimum absolute atomic E-state index is 0.324. The first-order chi connectivity index (χ1) is 5.92. The van der Waals surface area contributed by atoms with Crippen molar-refractivity contribution in [3.8, 4) is 0 Å². The number of hydrogen-bond acceptors (Lipinski definition) is 3. The van der Waals surface area contributed by atoms with Gasteiger partial charge in [-0.2, -0.15) is 0 Å². The molecule has 0 unspecified atom stereocenters. The molecule has 0 rings (SSSR count). The lowest BCUT2D eigenvalue weighted by Gasteiger charge is -2.26. The summed E-state index contributed by atoms with van der Waals surface area (Å²) in [7, 11) is 4.53. The molecule has 0 amide bonds. The summed E-state index contributed by atoms with van der Waals surface area (Å²) >= 11 is 5.47. The first kappa shape index (κ1) is 13.4. The average molecular weight is 229 g/mol. The summed E-state index contributed by atoms with van der Waals surface area (Å²) in [5.41, 5.74) is 0. The summed E-state index contributed by atoms with van der Waals surface area (Å²) in [4.78, 5) is 1.84. The fraction of sp³-hybridized carbons (Fsp3) is 1.00. The third kappa shape index (κ3) is 4.99. The van der Waals surface area contributed by atoms with Crippen LogP contribution in [0.3, 0.4) is 0 Å². The van der Waals surface area contributed by atoms with Gasteiger partial charge in [0.25, 0.3) is 7.52 Å².